The van der Waals surface area contributed by atoms with Gasteiger partial charge in [0.1, 0.15) is 12.3 Å². The van der Waals surface area contributed by atoms with Crippen molar-refractivity contribution in [3.8, 4) is 0 Å². The van der Waals surface area contributed by atoms with Crippen LogP contribution in [-0.2, 0) is 4.74 Å². The van der Waals surface area contributed by atoms with Crippen LogP contribution in [0.15, 0.2) is 6.20 Å². The van der Waals surface area contributed by atoms with E-state index in [0.29, 0.717) is 11.7 Å². The monoisotopic (exact) mass is 195 g/mol. The average molecular weight is 195 g/mol. The largest absolute Gasteiger partial charge is 0.376 e. The number of nitrogens with zero attached hydrogens (tertiary/aromatic N) is 3. The summed E-state index contributed by atoms with van der Waals surface area (Å²) >= 11 is 0. The van der Waals surface area contributed by atoms with E-state index >= 15 is 0 Å². The van der Waals surface area contributed by atoms with Crippen LogP contribution in [0.4, 0.5) is 0 Å². The molecule has 0 aliphatic heterocycles. The average Bonchev–Trinajstić information content (AvgIpc) is 2.50. The zero-order chi connectivity index (χ0) is 9.97. The lowest BCUT2D eigenvalue weighted by Crippen LogP contribution is -2.23. The molecular formula is C9H13N3O2. The number of methoxy groups -OCH3 is 1. The minimum Gasteiger partial charge on any atom is -0.376 e. The summed E-state index contributed by atoms with van der Waals surface area (Å²) in [4.78, 5) is 11.5. The molecule has 1 aliphatic carbocycles. The van der Waals surface area contributed by atoms with Crippen LogP contribution in [0, 0.1) is 0 Å². The van der Waals surface area contributed by atoms with E-state index in [0.717, 1.165) is 12.8 Å². The number of rotatable bonds is 4. The van der Waals surface area contributed by atoms with Crippen LogP contribution in [-0.4, -0.2) is 34.5 Å². The normalized spacial score (nSPS) is 16.6. The molecular weight excluding hydrogens is 182 g/mol. The summed E-state index contributed by atoms with van der Waals surface area (Å²) in [6, 6.07) is 0.369. The predicted octanol–water partition coefficient (Wildman–Crippen LogP) is 0.832. The van der Waals surface area contributed by atoms with Crippen LogP contribution < -0.4 is 0 Å². The Morgan fingerprint density at radius 1 is 1.71 bits per heavy atom. The fraction of sp³-hybridized carbons (Fsp3) is 0.667. The molecule has 0 atom stereocenters. The molecule has 1 fully saturated rings. The summed E-state index contributed by atoms with van der Waals surface area (Å²) in [5.74, 6) is -0.0515. The summed E-state index contributed by atoms with van der Waals surface area (Å²) in [5, 5.41) is 7.70. The van der Waals surface area contributed by atoms with Gasteiger partial charge in [-0.25, -0.2) is 4.68 Å². The zero-order valence-electron chi connectivity index (χ0n) is 8.14. The highest BCUT2D eigenvalue weighted by Gasteiger charge is 2.25. The highest BCUT2D eigenvalue weighted by atomic mass is 16.5. The molecule has 0 N–H and O–H groups in total. The second-order valence-corrected chi connectivity index (χ2v) is 3.50. The van der Waals surface area contributed by atoms with Crippen molar-refractivity contribution in [1.29, 1.82) is 0 Å². The van der Waals surface area contributed by atoms with Gasteiger partial charge in [-0.05, 0) is 19.3 Å². The first kappa shape index (κ1) is 9.33. The van der Waals surface area contributed by atoms with Crippen LogP contribution in [0.25, 0.3) is 0 Å². The lowest BCUT2D eigenvalue weighted by molar-refractivity contribution is 0.0830. The number of hydrogen-bond donors (Lipinski definition) is 0. The van der Waals surface area contributed by atoms with Crippen LogP contribution in [0.1, 0.15) is 35.8 Å². The molecule has 0 amide bonds. The van der Waals surface area contributed by atoms with Gasteiger partial charge in [0, 0.05) is 7.11 Å². The number of Topliss-reactive ketones (excluding diaryl/α,β-unsaturated/α-hetero) is 1. The molecule has 0 radical (unpaired) electrons. The number of carbonyl (C=O) groups excluding carboxylic acids is 1. The molecule has 1 aliphatic rings. The Kier molecular flexibility index (Phi) is 2.58. The molecule has 0 saturated heterocycles. The molecule has 1 heterocycles. The van der Waals surface area contributed by atoms with Crippen molar-refractivity contribution in [2.75, 3.05) is 13.7 Å². The molecule has 0 unspecified atom stereocenters. The Bertz CT molecular complexity index is 331. The summed E-state index contributed by atoms with van der Waals surface area (Å²) < 4.78 is 6.52. The minimum atomic E-state index is -0.0515. The first-order valence-electron chi connectivity index (χ1n) is 4.75. The number of aromatic nitrogens is 3. The second-order valence-electron chi connectivity index (χ2n) is 3.50. The SMILES string of the molecule is COCC(=O)c1cnnn1C1CCC1. The van der Waals surface area contributed by atoms with E-state index in [4.69, 9.17) is 4.74 Å². The topological polar surface area (TPSA) is 57.0 Å². The van der Waals surface area contributed by atoms with Crippen molar-refractivity contribution >= 4 is 5.78 Å². The molecule has 2 rings (SSSR count). The molecule has 76 valence electrons. The Balaban J connectivity index is 2.16. The Morgan fingerprint density at radius 2 is 2.50 bits per heavy atom. The summed E-state index contributed by atoms with van der Waals surface area (Å²) in [6.45, 7) is 0.0973. The maximum atomic E-state index is 11.5. The van der Waals surface area contributed by atoms with Gasteiger partial charge in [0.25, 0.3) is 0 Å². The van der Waals surface area contributed by atoms with Crippen LogP contribution in [0.5, 0.6) is 0 Å². The maximum absolute atomic E-state index is 11.5. The molecule has 1 aromatic rings. The van der Waals surface area contributed by atoms with E-state index in [1.807, 2.05) is 0 Å². The number of ether oxygens (including phenoxy) is 1. The smallest absolute Gasteiger partial charge is 0.208 e. The van der Waals surface area contributed by atoms with Crippen molar-refractivity contribution in [3.63, 3.8) is 0 Å². The Morgan fingerprint density at radius 3 is 3.07 bits per heavy atom. The third kappa shape index (κ3) is 1.55. The minimum absolute atomic E-state index is 0.0515. The van der Waals surface area contributed by atoms with Crippen molar-refractivity contribution in [3.05, 3.63) is 11.9 Å². The number of ketones is 1. The van der Waals surface area contributed by atoms with Crippen LogP contribution in [0.3, 0.4) is 0 Å². The first-order valence-corrected chi connectivity index (χ1v) is 4.75. The lowest BCUT2D eigenvalue weighted by Gasteiger charge is -2.26. The molecule has 1 saturated carbocycles. The van der Waals surface area contributed by atoms with E-state index in [2.05, 4.69) is 10.3 Å². The third-order valence-electron chi connectivity index (χ3n) is 2.56. The van der Waals surface area contributed by atoms with E-state index < -0.39 is 0 Å². The highest BCUT2D eigenvalue weighted by molar-refractivity contribution is 5.95. The van der Waals surface area contributed by atoms with Crippen molar-refractivity contribution < 1.29 is 9.53 Å². The van der Waals surface area contributed by atoms with Crippen LogP contribution >= 0.6 is 0 Å². The number of hydrogen-bond acceptors (Lipinski definition) is 4. The van der Waals surface area contributed by atoms with Gasteiger partial charge in [0.05, 0.1) is 12.2 Å². The van der Waals surface area contributed by atoms with Crippen molar-refractivity contribution in [2.24, 2.45) is 0 Å². The molecule has 0 aromatic carbocycles. The summed E-state index contributed by atoms with van der Waals surface area (Å²) in [6.07, 6.45) is 4.91. The predicted molar refractivity (Wildman–Crippen MR) is 49.1 cm³/mol. The van der Waals surface area contributed by atoms with Gasteiger partial charge in [-0.1, -0.05) is 5.21 Å². The van der Waals surface area contributed by atoms with Gasteiger partial charge in [-0.2, -0.15) is 0 Å². The summed E-state index contributed by atoms with van der Waals surface area (Å²) in [5.41, 5.74) is 0.566. The molecule has 0 spiro atoms. The molecule has 0 bridgehead atoms. The molecule has 14 heavy (non-hydrogen) atoms. The second kappa shape index (κ2) is 3.88. The van der Waals surface area contributed by atoms with Gasteiger partial charge < -0.3 is 4.74 Å². The first-order chi connectivity index (χ1) is 6.83. The highest BCUT2D eigenvalue weighted by Crippen LogP contribution is 2.31. The zero-order valence-corrected chi connectivity index (χ0v) is 8.14. The van der Waals surface area contributed by atoms with Gasteiger partial charge >= 0.3 is 0 Å². The van der Waals surface area contributed by atoms with Crippen molar-refractivity contribution in [2.45, 2.75) is 25.3 Å². The van der Waals surface area contributed by atoms with Crippen LogP contribution in [0.2, 0.25) is 0 Å². The van der Waals surface area contributed by atoms with E-state index in [9.17, 15) is 4.79 Å². The quantitative estimate of drug-likeness (QED) is 0.668. The van der Waals surface area contributed by atoms with E-state index in [1.165, 1.54) is 19.7 Å². The fourth-order valence-electron chi connectivity index (χ4n) is 1.55. The van der Waals surface area contributed by atoms with Gasteiger partial charge in [-0.3, -0.25) is 4.79 Å². The summed E-state index contributed by atoms with van der Waals surface area (Å²) in [7, 11) is 1.51. The van der Waals surface area contributed by atoms with E-state index in [1.54, 1.807) is 4.68 Å². The molecule has 1 aromatic heterocycles. The van der Waals surface area contributed by atoms with Gasteiger partial charge in [0.15, 0.2) is 0 Å². The third-order valence-corrected chi connectivity index (χ3v) is 2.56. The fourth-order valence-corrected chi connectivity index (χ4v) is 1.55. The van der Waals surface area contributed by atoms with Gasteiger partial charge in [-0.15, -0.1) is 5.10 Å². The molecule has 5 nitrogen and oxygen atoms in total. The number of carbonyl (C=O) groups is 1. The standard InChI is InChI=1S/C9H13N3O2/c1-14-6-9(13)8-5-10-11-12(8)7-3-2-4-7/h5,7H,2-4,6H2,1H3. The van der Waals surface area contributed by atoms with Gasteiger partial charge in [0.2, 0.25) is 5.78 Å². The Labute approximate surface area is 82.1 Å². The van der Waals surface area contributed by atoms with Crippen molar-refractivity contribution in [1.82, 2.24) is 15.0 Å². The lowest BCUT2D eigenvalue weighted by atomic mass is 9.93. The molecule has 5 heteroatoms. The van der Waals surface area contributed by atoms with E-state index in [-0.39, 0.29) is 12.4 Å². The maximum Gasteiger partial charge on any atom is 0.208 e. The Hall–Kier alpha value is -1.23.